The van der Waals surface area contributed by atoms with Crippen LogP contribution in [0.3, 0.4) is 0 Å². The second-order valence-corrected chi connectivity index (χ2v) is 5.93. The molecule has 126 valence electrons. The summed E-state index contributed by atoms with van der Waals surface area (Å²) in [7, 11) is 0. The summed E-state index contributed by atoms with van der Waals surface area (Å²) in [6.45, 7) is 3.92. The number of benzene rings is 1. The van der Waals surface area contributed by atoms with Gasteiger partial charge in [0.1, 0.15) is 5.56 Å². The van der Waals surface area contributed by atoms with E-state index in [4.69, 9.17) is 11.5 Å². The molecule has 0 aliphatic heterocycles. The van der Waals surface area contributed by atoms with Crippen LogP contribution < -0.4 is 11.5 Å². The molecule has 1 aromatic carbocycles. The standard InChI is InChI=1S/C17H17N7O/c1-3-12-21-17-14(16(19)25)15(18)10(7-24(17)23-12)13-8(2)4-5-11-9(13)6-20-22-11/h4-7H,3,18H2,1-2H3,(H2,19,25)(H,20,22). The summed E-state index contributed by atoms with van der Waals surface area (Å²) in [6.07, 6.45) is 4.17. The topological polar surface area (TPSA) is 128 Å². The summed E-state index contributed by atoms with van der Waals surface area (Å²) in [5.41, 5.74) is 16.3. The largest absolute Gasteiger partial charge is 0.397 e. The van der Waals surface area contributed by atoms with Crippen molar-refractivity contribution in [2.75, 3.05) is 5.73 Å². The summed E-state index contributed by atoms with van der Waals surface area (Å²) >= 11 is 0. The van der Waals surface area contributed by atoms with Gasteiger partial charge in [0.2, 0.25) is 0 Å². The molecule has 25 heavy (non-hydrogen) atoms. The Labute approximate surface area is 142 Å². The van der Waals surface area contributed by atoms with E-state index in [1.54, 1.807) is 16.9 Å². The van der Waals surface area contributed by atoms with Crippen LogP contribution in [0.1, 0.15) is 28.7 Å². The number of amides is 1. The summed E-state index contributed by atoms with van der Waals surface area (Å²) < 4.78 is 1.57. The molecule has 0 unspecified atom stereocenters. The summed E-state index contributed by atoms with van der Waals surface area (Å²) in [6, 6.07) is 3.93. The highest BCUT2D eigenvalue weighted by Gasteiger charge is 2.22. The number of nitrogens with one attached hydrogen (secondary N) is 1. The van der Waals surface area contributed by atoms with Crippen molar-refractivity contribution in [3.05, 3.63) is 41.5 Å². The zero-order valence-electron chi connectivity index (χ0n) is 13.9. The molecule has 0 saturated carbocycles. The molecule has 8 nitrogen and oxygen atoms in total. The number of carbonyl (C=O) groups excluding carboxylic acids is 1. The van der Waals surface area contributed by atoms with Crippen molar-refractivity contribution in [2.24, 2.45) is 5.73 Å². The molecule has 0 saturated heterocycles. The summed E-state index contributed by atoms with van der Waals surface area (Å²) in [4.78, 5) is 16.4. The van der Waals surface area contributed by atoms with Crippen LogP contribution in [-0.2, 0) is 6.42 Å². The first-order valence-corrected chi connectivity index (χ1v) is 7.91. The fourth-order valence-corrected chi connectivity index (χ4v) is 3.15. The van der Waals surface area contributed by atoms with Crippen molar-refractivity contribution in [2.45, 2.75) is 20.3 Å². The number of fused-ring (bicyclic) bond motifs is 2. The number of hydrogen-bond donors (Lipinski definition) is 3. The van der Waals surface area contributed by atoms with Gasteiger partial charge >= 0.3 is 0 Å². The second-order valence-electron chi connectivity index (χ2n) is 5.93. The number of aromatic nitrogens is 5. The molecule has 4 rings (SSSR count). The van der Waals surface area contributed by atoms with Crippen LogP contribution in [0, 0.1) is 6.92 Å². The summed E-state index contributed by atoms with van der Waals surface area (Å²) in [5, 5.41) is 12.4. The normalized spacial score (nSPS) is 11.4. The molecule has 0 fully saturated rings. The minimum atomic E-state index is -0.628. The average Bonchev–Trinajstić information content (AvgIpc) is 3.20. The van der Waals surface area contributed by atoms with Crippen LogP contribution in [0.5, 0.6) is 0 Å². The maximum Gasteiger partial charge on any atom is 0.254 e. The molecule has 8 heteroatoms. The van der Waals surface area contributed by atoms with Crippen LogP contribution >= 0.6 is 0 Å². The molecule has 5 N–H and O–H groups in total. The van der Waals surface area contributed by atoms with Crippen molar-refractivity contribution >= 4 is 28.1 Å². The lowest BCUT2D eigenvalue weighted by Gasteiger charge is -2.13. The van der Waals surface area contributed by atoms with E-state index < -0.39 is 5.91 Å². The van der Waals surface area contributed by atoms with E-state index in [9.17, 15) is 4.79 Å². The Morgan fingerprint density at radius 2 is 2.16 bits per heavy atom. The number of H-pyrrole nitrogens is 1. The molecule has 0 aliphatic rings. The van der Waals surface area contributed by atoms with E-state index in [0.29, 0.717) is 29.1 Å². The van der Waals surface area contributed by atoms with E-state index in [1.807, 2.05) is 26.0 Å². The van der Waals surface area contributed by atoms with Gasteiger partial charge in [-0.25, -0.2) is 9.50 Å². The molecule has 0 radical (unpaired) electrons. The molecular weight excluding hydrogens is 318 g/mol. The predicted octanol–water partition coefficient (Wildman–Crippen LogP) is 1.82. The van der Waals surface area contributed by atoms with Crippen LogP contribution in [-0.4, -0.2) is 30.7 Å². The zero-order chi connectivity index (χ0) is 17.7. The molecule has 1 amide bonds. The first-order chi connectivity index (χ1) is 12.0. The number of nitrogen functional groups attached to an aromatic ring is 1. The number of pyridine rings is 1. The van der Waals surface area contributed by atoms with Gasteiger partial charge in [0, 0.05) is 23.6 Å². The molecule has 0 aliphatic carbocycles. The minimum absolute atomic E-state index is 0.185. The molecule has 0 spiro atoms. The Kier molecular flexibility index (Phi) is 3.21. The Morgan fingerprint density at radius 1 is 1.36 bits per heavy atom. The Hall–Kier alpha value is -3.42. The second kappa shape index (κ2) is 5.30. The highest BCUT2D eigenvalue weighted by molar-refractivity contribution is 6.09. The molecular formula is C17H17N7O. The number of aryl methyl sites for hydroxylation is 2. The maximum atomic E-state index is 12.1. The van der Waals surface area contributed by atoms with Gasteiger partial charge in [-0.1, -0.05) is 13.0 Å². The minimum Gasteiger partial charge on any atom is -0.397 e. The van der Waals surface area contributed by atoms with Gasteiger partial charge in [0.15, 0.2) is 11.5 Å². The number of nitrogens with zero attached hydrogens (tertiary/aromatic N) is 4. The molecule has 3 aromatic heterocycles. The highest BCUT2D eigenvalue weighted by Crippen LogP contribution is 2.36. The number of nitrogens with two attached hydrogens (primary N) is 2. The monoisotopic (exact) mass is 335 g/mol. The fraction of sp³-hybridized carbons (Fsp3) is 0.176. The molecule has 0 atom stereocenters. The first-order valence-electron chi connectivity index (χ1n) is 7.91. The van der Waals surface area contributed by atoms with E-state index in [1.165, 1.54) is 0 Å². The maximum absolute atomic E-state index is 12.1. The fourth-order valence-electron chi connectivity index (χ4n) is 3.15. The number of hydrogen-bond acceptors (Lipinski definition) is 5. The third kappa shape index (κ3) is 2.14. The SMILES string of the molecule is CCc1nc2c(C(N)=O)c(N)c(-c3c(C)ccc4[nH]ncc34)cn2n1. The quantitative estimate of drug-likeness (QED) is 0.526. The number of primary amides is 1. The van der Waals surface area contributed by atoms with Crippen LogP contribution in [0.4, 0.5) is 5.69 Å². The van der Waals surface area contributed by atoms with Gasteiger partial charge in [-0.2, -0.15) is 10.2 Å². The van der Waals surface area contributed by atoms with E-state index in [-0.39, 0.29) is 5.56 Å². The van der Waals surface area contributed by atoms with Crippen molar-refractivity contribution in [3.63, 3.8) is 0 Å². The highest BCUT2D eigenvalue weighted by atomic mass is 16.1. The van der Waals surface area contributed by atoms with E-state index in [0.717, 1.165) is 22.0 Å². The van der Waals surface area contributed by atoms with Gasteiger partial charge < -0.3 is 11.5 Å². The molecule has 4 aromatic rings. The van der Waals surface area contributed by atoms with Crippen molar-refractivity contribution < 1.29 is 4.79 Å². The van der Waals surface area contributed by atoms with Gasteiger partial charge in [-0.15, -0.1) is 0 Å². The van der Waals surface area contributed by atoms with Crippen molar-refractivity contribution in [3.8, 4) is 11.1 Å². The number of rotatable bonds is 3. The van der Waals surface area contributed by atoms with Gasteiger partial charge in [0.05, 0.1) is 17.4 Å². The average molecular weight is 335 g/mol. The molecule has 0 bridgehead atoms. The van der Waals surface area contributed by atoms with E-state index in [2.05, 4.69) is 20.3 Å². The first kappa shape index (κ1) is 15.1. The van der Waals surface area contributed by atoms with Crippen molar-refractivity contribution in [1.29, 1.82) is 0 Å². The Morgan fingerprint density at radius 3 is 2.88 bits per heavy atom. The third-order valence-corrected chi connectivity index (χ3v) is 4.37. The number of carbonyl (C=O) groups is 1. The predicted molar refractivity (Wildman–Crippen MR) is 95.1 cm³/mol. The number of aromatic amines is 1. The lowest BCUT2D eigenvalue weighted by molar-refractivity contribution is 0.100. The molecule has 3 heterocycles. The van der Waals surface area contributed by atoms with Gasteiger partial charge in [-0.05, 0) is 24.1 Å². The Bertz CT molecular complexity index is 1140. The number of anilines is 1. The van der Waals surface area contributed by atoms with Crippen molar-refractivity contribution in [1.82, 2.24) is 24.8 Å². The lowest BCUT2D eigenvalue weighted by Crippen LogP contribution is -2.16. The van der Waals surface area contributed by atoms with Gasteiger partial charge in [-0.3, -0.25) is 9.89 Å². The van der Waals surface area contributed by atoms with E-state index >= 15 is 0 Å². The zero-order valence-corrected chi connectivity index (χ0v) is 13.9. The van der Waals surface area contributed by atoms with Crippen LogP contribution in [0.25, 0.3) is 27.7 Å². The third-order valence-electron chi connectivity index (χ3n) is 4.37. The summed E-state index contributed by atoms with van der Waals surface area (Å²) in [5.74, 6) is -0.00582. The lowest BCUT2D eigenvalue weighted by atomic mass is 9.95. The van der Waals surface area contributed by atoms with Crippen LogP contribution in [0.2, 0.25) is 0 Å². The van der Waals surface area contributed by atoms with Gasteiger partial charge in [0.25, 0.3) is 5.91 Å². The Balaban J connectivity index is 2.14. The smallest absolute Gasteiger partial charge is 0.254 e. The van der Waals surface area contributed by atoms with Crippen LogP contribution in [0.15, 0.2) is 24.5 Å².